The Morgan fingerprint density at radius 3 is 2.03 bits per heavy atom. The molecule has 16 nitrogen and oxygen atoms in total. The van der Waals surface area contributed by atoms with Crippen molar-refractivity contribution in [2.45, 2.75) is 63.6 Å². The Balaban J connectivity index is 1.39. The van der Waals surface area contributed by atoms with Gasteiger partial charge in [-0.05, 0) is 13.8 Å². The number of nitrogens with one attached hydrogen (secondary N) is 2. The van der Waals surface area contributed by atoms with Gasteiger partial charge in [-0.3, -0.25) is 37.7 Å². The number of aliphatic hydroxyl groups excluding tert-OH is 2. The number of aryl methyl sites for hydroxylation is 2. The second-order valence-corrected chi connectivity index (χ2v) is 10.3. The maximum absolute atomic E-state index is 12.6. The van der Waals surface area contributed by atoms with E-state index < -0.39 is 80.4 Å². The molecule has 37 heavy (non-hydrogen) atoms. The summed E-state index contributed by atoms with van der Waals surface area (Å²) in [5, 5.41) is 19.9. The molecule has 204 valence electrons. The Hall–Kier alpha value is -2.69. The van der Waals surface area contributed by atoms with E-state index in [1.165, 1.54) is 26.2 Å². The number of hydrogen-bond donors (Lipinski definition) is 5. The Kier molecular flexibility index (Phi) is 7.83. The van der Waals surface area contributed by atoms with Gasteiger partial charge in [0.25, 0.3) is 11.1 Å². The Bertz CT molecular complexity index is 1430. The molecule has 2 aromatic rings. The number of hydrogen-bond acceptors (Lipinski definition) is 11. The fraction of sp³-hybridized carbons (Fsp3) is 0.600. The first-order valence-corrected chi connectivity index (χ1v) is 12.8. The number of H-pyrrole nitrogens is 2. The van der Waals surface area contributed by atoms with Crippen LogP contribution in [0.15, 0.2) is 31.6 Å². The van der Waals surface area contributed by atoms with Gasteiger partial charge in [-0.1, -0.05) is 0 Å². The largest absolute Gasteiger partial charge is 0.472 e. The van der Waals surface area contributed by atoms with E-state index in [1.54, 1.807) is 0 Å². The quantitative estimate of drug-likeness (QED) is 0.230. The lowest BCUT2D eigenvalue weighted by Gasteiger charge is -2.22. The van der Waals surface area contributed by atoms with Crippen LogP contribution >= 0.6 is 7.82 Å². The van der Waals surface area contributed by atoms with Crippen LogP contribution in [0.25, 0.3) is 0 Å². The highest BCUT2D eigenvalue weighted by molar-refractivity contribution is 7.47. The molecule has 0 saturated carbocycles. The standard InChI is InChI=1S/C20H27N4O12P/c1-9-5-23(19(29)21-17(9)27)15-3-11(26)14(35-15)8-33-37(31,32)36-12-4-16(34-13(12)7-25)24-6-10(2)18(28)22-20(24)30/h5-6,11-16,25-26H,3-4,7-8H2,1-2H3,(H,31,32)(H,21,27,29)(H,22,28,30)/t11-,12-,13+,14+,15-,16-/m0/s1. The average Bonchev–Trinajstić information content (AvgIpc) is 3.39. The third-order valence-electron chi connectivity index (χ3n) is 6.15. The van der Waals surface area contributed by atoms with E-state index in [9.17, 15) is 38.8 Å². The van der Waals surface area contributed by atoms with Crippen LogP contribution in [0.2, 0.25) is 0 Å². The molecule has 2 fully saturated rings. The molecule has 0 radical (unpaired) electrons. The van der Waals surface area contributed by atoms with Crippen LogP contribution in [0.5, 0.6) is 0 Å². The van der Waals surface area contributed by atoms with Crippen LogP contribution in [0.3, 0.4) is 0 Å². The van der Waals surface area contributed by atoms with Crippen molar-refractivity contribution < 1.29 is 38.2 Å². The maximum atomic E-state index is 12.6. The zero-order chi connectivity index (χ0) is 27.1. The zero-order valence-corrected chi connectivity index (χ0v) is 20.7. The first kappa shape index (κ1) is 27.3. The van der Waals surface area contributed by atoms with Crippen LogP contribution in [0, 0.1) is 13.8 Å². The summed E-state index contributed by atoms with van der Waals surface area (Å²) >= 11 is 0. The van der Waals surface area contributed by atoms with E-state index in [-0.39, 0.29) is 24.0 Å². The topological polar surface area (TPSA) is 224 Å². The molecule has 4 rings (SSSR count). The zero-order valence-electron chi connectivity index (χ0n) is 19.8. The fourth-order valence-corrected chi connectivity index (χ4v) is 5.11. The summed E-state index contributed by atoms with van der Waals surface area (Å²) in [4.78, 5) is 61.9. The minimum atomic E-state index is -4.78. The van der Waals surface area contributed by atoms with Crippen LogP contribution in [0.4, 0.5) is 0 Å². The minimum Gasteiger partial charge on any atom is -0.394 e. The number of nitrogens with zero attached hydrogens (tertiary/aromatic N) is 2. The molecule has 2 aromatic heterocycles. The van der Waals surface area contributed by atoms with Crippen molar-refractivity contribution in [3.63, 3.8) is 0 Å². The molecule has 0 aliphatic carbocycles. The van der Waals surface area contributed by atoms with Gasteiger partial charge in [-0.25, -0.2) is 14.2 Å². The number of phosphoric acid groups is 1. The molecule has 17 heteroatoms. The second-order valence-electron chi connectivity index (χ2n) is 8.85. The van der Waals surface area contributed by atoms with Gasteiger partial charge in [-0.15, -0.1) is 0 Å². The molecule has 0 aromatic carbocycles. The van der Waals surface area contributed by atoms with E-state index in [0.717, 1.165) is 9.13 Å². The average molecular weight is 546 g/mol. The number of ether oxygens (including phenoxy) is 2. The molecule has 7 atom stereocenters. The molecule has 2 aliphatic heterocycles. The van der Waals surface area contributed by atoms with E-state index >= 15 is 0 Å². The number of aromatic nitrogens is 4. The molecule has 4 heterocycles. The predicted octanol–water partition coefficient (Wildman–Crippen LogP) is -1.87. The SMILES string of the molecule is Cc1cn([C@@H]2C[C@H](OP(=O)(O)OC[C@H]3O[C@H](n4cc(C)c(=O)[nH]c4=O)C[C@@H]3O)[C@@H](CO)O2)c(=O)[nH]c1=O. The predicted molar refractivity (Wildman–Crippen MR) is 123 cm³/mol. The molecule has 2 aliphatic rings. The molecule has 0 amide bonds. The minimum absolute atomic E-state index is 0.0475. The maximum Gasteiger partial charge on any atom is 0.472 e. The lowest BCUT2D eigenvalue weighted by Crippen LogP contribution is -2.33. The lowest BCUT2D eigenvalue weighted by molar-refractivity contribution is -0.0576. The van der Waals surface area contributed by atoms with E-state index in [1.807, 2.05) is 0 Å². The molecular formula is C20H27N4O12P. The Morgan fingerprint density at radius 2 is 1.49 bits per heavy atom. The van der Waals surface area contributed by atoms with E-state index in [2.05, 4.69) is 9.97 Å². The van der Waals surface area contributed by atoms with Gasteiger partial charge in [-0.2, -0.15) is 0 Å². The fourth-order valence-electron chi connectivity index (χ4n) is 4.15. The molecule has 1 unspecified atom stereocenters. The molecule has 0 bridgehead atoms. The summed E-state index contributed by atoms with van der Waals surface area (Å²) in [5.74, 6) is 0. The van der Waals surface area contributed by atoms with Gasteiger partial charge in [0.05, 0.1) is 19.3 Å². The highest BCUT2D eigenvalue weighted by atomic mass is 31.2. The van der Waals surface area contributed by atoms with Crippen molar-refractivity contribution in [3.8, 4) is 0 Å². The highest BCUT2D eigenvalue weighted by Crippen LogP contribution is 2.48. The molecule has 0 spiro atoms. The summed E-state index contributed by atoms with van der Waals surface area (Å²) < 4.78 is 36.2. The van der Waals surface area contributed by atoms with Crippen molar-refractivity contribution in [2.75, 3.05) is 13.2 Å². The normalized spacial score (nSPS) is 29.4. The number of aromatic amines is 2. The van der Waals surface area contributed by atoms with Gasteiger partial charge in [0.15, 0.2) is 0 Å². The van der Waals surface area contributed by atoms with Gasteiger partial charge in [0.2, 0.25) is 0 Å². The van der Waals surface area contributed by atoms with E-state index in [0.29, 0.717) is 0 Å². The summed E-state index contributed by atoms with van der Waals surface area (Å²) in [6.45, 7) is 1.79. The van der Waals surface area contributed by atoms with Gasteiger partial charge in [0.1, 0.15) is 30.8 Å². The molecular weight excluding hydrogens is 519 g/mol. The van der Waals surface area contributed by atoms with Crippen molar-refractivity contribution in [1.82, 2.24) is 19.1 Å². The third-order valence-corrected chi connectivity index (χ3v) is 7.16. The summed E-state index contributed by atoms with van der Waals surface area (Å²) in [6.07, 6.45) is -4.07. The highest BCUT2D eigenvalue weighted by Gasteiger charge is 2.43. The Morgan fingerprint density at radius 1 is 0.973 bits per heavy atom. The van der Waals surface area contributed by atoms with Gasteiger partial charge >= 0.3 is 19.2 Å². The van der Waals surface area contributed by atoms with Crippen molar-refractivity contribution in [2.24, 2.45) is 0 Å². The van der Waals surface area contributed by atoms with Crippen molar-refractivity contribution >= 4 is 7.82 Å². The third kappa shape index (κ3) is 5.91. The first-order valence-electron chi connectivity index (χ1n) is 11.3. The summed E-state index contributed by atoms with van der Waals surface area (Å²) in [7, 11) is -4.78. The first-order chi connectivity index (χ1) is 17.4. The van der Waals surface area contributed by atoms with Crippen LogP contribution in [-0.2, 0) is 23.1 Å². The van der Waals surface area contributed by atoms with Crippen molar-refractivity contribution in [3.05, 3.63) is 65.2 Å². The number of phosphoric ester groups is 1. The van der Waals surface area contributed by atoms with E-state index in [4.69, 9.17) is 18.5 Å². The van der Waals surface area contributed by atoms with Crippen LogP contribution in [-0.4, -0.2) is 71.8 Å². The number of rotatable bonds is 8. The Labute approximate surface area is 207 Å². The summed E-state index contributed by atoms with van der Waals surface area (Å²) in [6, 6.07) is 0. The smallest absolute Gasteiger partial charge is 0.394 e. The second kappa shape index (κ2) is 10.6. The van der Waals surface area contributed by atoms with Crippen molar-refractivity contribution in [1.29, 1.82) is 0 Å². The molecule has 5 N–H and O–H groups in total. The monoisotopic (exact) mass is 546 g/mol. The van der Waals surface area contributed by atoms with Gasteiger partial charge in [0, 0.05) is 36.4 Å². The summed E-state index contributed by atoms with van der Waals surface area (Å²) in [5.41, 5.74) is -2.15. The number of aliphatic hydroxyl groups is 2. The van der Waals surface area contributed by atoms with Gasteiger partial charge < -0.3 is 24.6 Å². The lowest BCUT2D eigenvalue weighted by atomic mass is 10.2. The molecule has 2 saturated heterocycles. The van der Waals surface area contributed by atoms with Crippen LogP contribution in [0.1, 0.15) is 36.4 Å². The van der Waals surface area contributed by atoms with Crippen LogP contribution < -0.4 is 22.5 Å².